The van der Waals surface area contributed by atoms with Crippen molar-refractivity contribution in [1.82, 2.24) is 4.90 Å². The Balaban J connectivity index is 2.35. The molecule has 1 fully saturated rings. The number of nitrogens with one attached hydrogen (secondary N) is 1. The van der Waals surface area contributed by atoms with E-state index in [4.69, 9.17) is 16.9 Å². The van der Waals surface area contributed by atoms with Crippen molar-refractivity contribution < 1.29 is 4.79 Å². The Bertz CT molecular complexity index is 334. The molecule has 0 radical (unpaired) electrons. The standard InChI is InChI=1S/C11H21N5OS/c1-16(8-5-3-2-4-6-8)9(17)7-18-11(14)15-10(12)13/h8H,2-7H2,1H3,(H5,12,13,14,15). The molecule has 1 aliphatic rings. The van der Waals surface area contributed by atoms with Crippen molar-refractivity contribution in [3.63, 3.8) is 0 Å². The van der Waals surface area contributed by atoms with Gasteiger partial charge in [-0.25, -0.2) is 0 Å². The molecule has 1 aliphatic carbocycles. The number of hydrogen-bond acceptors (Lipinski definition) is 3. The van der Waals surface area contributed by atoms with Crippen LogP contribution in [-0.4, -0.2) is 40.8 Å². The molecule has 0 bridgehead atoms. The Kier molecular flexibility index (Phi) is 5.97. The first-order valence-corrected chi connectivity index (χ1v) is 7.06. The third-order valence-corrected chi connectivity index (χ3v) is 3.83. The monoisotopic (exact) mass is 271 g/mol. The van der Waals surface area contributed by atoms with Crippen LogP contribution in [-0.2, 0) is 4.79 Å². The lowest BCUT2D eigenvalue weighted by Crippen LogP contribution is -2.39. The average Bonchev–Trinajstić information content (AvgIpc) is 2.35. The van der Waals surface area contributed by atoms with Crippen molar-refractivity contribution in [2.24, 2.45) is 16.5 Å². The normalized spacial score (nSPS) is 16.1. The molecule has 18 heavy (non-hydrogen) atoms. The largest absolute Gasteiger partial charge is 0.370 e. The predicted molar refractivity (Wildman–Crippen MR) is 75.6 cm³/mol. The van der Waals surface area contributed by atoms with Gasteiger partial charge in [0.25, 0.3) is 0 Å². The molecule has 0 unspecified atom stereocenters. The summed E-state index contributed by atoms with van der Waals surface area (Å²) in [7, 11) is 1.84. The highest BCUT2D eigenvalue weighted by Gasteiger charge is 2.22. The molecule has 0 aromatic heterocycles. The summed E-state index contributed by atoms with van der Waals surface area (Å²) in [5.41, 5.74) is 10.3. The molecule has 1 amide bonds. The van der Waals surface area contributed by atoms with Crippen LogP contribution in [0.1, 0.15) is 32.1 Å². The van der Waals surface area contributed by atoms with Gasteiger partial charge in [0.05, 0.1) is 5.75 Å². The fraction of sp³-hybridized carbons (Fsp3) is 0.727. The quantitative estimate of drug-likeness (QED) is 0.519. The summed E-state index contributed by atoms with van der Waals surface area (Å²) in [6.07, 6.45) is 5.82. The van der Waals surface area contributed by atoms with Gasteiger partial charge in [0.15, 0.2) is 11.1 Å². The maximum atomic E-state index is 11.9. The number of amides is 1. The van der Waals surface area contributed by atoms with E-state index in [1.807, 2.05) is 7.05 Å². The zero-order valence-corrected chi connectivity index (χ0v) is 11.5. The van der Waals surface area contributed by atoms with E-state index in [-0.39, 0.29) is 22.8 Å². The van der Waals surface area contributed by atoms with Crippen LogP contribution in [0.5, 0.6) is 0 Å². The Morgan fingerprint density at radius 3 is 2.56 bits per heavy atom. The van der Waals surface area contributed by atoms with Crippen molar-refractivity contribution in [1.29, 1.82) is 5.41 Å². The second kappa shape index (κ2) is 7.25. The predicted octanol–water partition coefficient (Wildman–Crippen LogP) is 0.719. The van der Waals surface area contributed by atoms with Gasteiger partial charge in [0.2, 0.25) is 5.91 Å². The first-order chi connectivity index (χ1) is 8.50. The van der Waals surface area contributed by atoms with Gasteiger partial charge in [-0.15, -0.1) is 0 Å². The van der Waals surface area contributed by atoms with Crippen molar-refractivity contribution in [3.05, 3.63) is 0 Å². The molecule has 1 rings (SSSR count). The highest BCUT2D eigenvalue weighted by Crippen LogP contribution is 2.22. The van der Waals surface area contributed by atoms with Gasteiger partial charge in [-0.1, -0.05) is 31.0 Å². The van der Waals surface area contributed by atoms with E-state index in [0.717, 1.165) is 24.6 Å². The summed E-state index contributed by atoms with van der Waals surface area (Å²) in [4.78, 5) is 17.3. The van der Waals surface area contributed by atoms with Crippen LogP contribution in [0, 0.1) is 5.41 Å². The molecule has 0 spiro atoms. The van der Waals surface area contributed by atoms with Crippen LogP contribution >= 0.6 is 11.8 Å². The highest BCUT2D eigenvalue weighted by molar-refractivity contribution is 8.14. The molecule has 102 valence electrons. The fourth-order valence-corrected chi connectivity index (χ4v) is 2.69. The van der Waals surface area contributed by atoms with E-state index in [2.05, 4.69) is 4.99 Å². The fourth-order valence-electron chi connectivity index (χ4n) is 2.05. The summed E-state index contributed by atoms with van der Waals surface area (Å²) in [6, 6.07) is 0.351. The number of nitrogens with two attached hydrogens (primary N) is 2. The minimum Gasteiger partial charge on any atom is -0.370 e. The van der Waals surface area contributed by atoms with Crippen LogP contribution in [0.2, 0.25) is 0 Å². The van der Waals surface area contributed by atoms with Gasteiger partial charge >= 0.3 is 0 Å². The van der Waals surface area contributed by atoms with E-state index in [1.54, 1.807) is 4.90 Å². The molecule has 0 aromatic carbocycles. The third-order valence-electron chi connectivity index (χ3n) is 3.08. The van der Waals surface area contributed by atoms with Gasteiger partial charge in [-0.05, 0) is 12.8 Å². The van der Waals surface area contributed by atoms with E-state index < -0.39 is 0 Å². The summed E-state index contributed by atoms with van der Waals surface area (Å²) in [5.74, 6) is 0.0887. The van der Waals surface area contributed by atoms with Crippen LogP contribution in [0.4, 0.5) is 0 Å². The SMILES string of the molecule is CN(C(=O)CSC(=N)N=C(N)N)C1CCCCC1. The number of rotatable bonds is 3. The molecule has 0 atom stereocenters. The first-order valence-electron chi connectivity index (χ1n) is 6.07. The lowest BCUT2D eigenvalue weighted by molar-refractivity contribution is -0.129. The van der Waals surface area contributed by atoms with E-state index in [1.165, 1.54) is 19.3 Å². The summed E-state index contributed by atoms with van der Waals surface area (Å²) >= 11 is 1.05. The molecule has 0 aliphatic heterocycles. The molecule has 5 N–H and O–H groups in total. The van der Waals surface area contributed by atoms with E-state index >= 15 is 0 Å². The van der Waals surface area contributed by atoms with Crippen molar-refractivity contribution in [3.8, 4) is 0 Å². The van der Waals surface area contributed by atoms with E-state index in [9.17, 15) is 4.79 Å². The zero-order valence-electron chi connectivity index (χ0n) is 10.7. The maximum absolute atomic E-state index is 11.9. The first kappa shape index (κ1) is 14.8. The Hall–Kier alpha value is -1.24. The average molecular weight is 271 g/mol. The molecular weight excluding hydrogens is 250 g/mol. The Morgan fingerprint density at radius 1 is 1.39 bits per heavy atom. The number of thioether (sulfide) groups is 1. The van der Waals surface area contributed by atoms with Crippen LogP contribution in [0.15, 0.2) is 4.99 Å². The molecule has 6 nitrogen and oxygen atoms in total. The van der Waals surface area contributed by atoms with Gasteiger partial charge in [-0.2, -0.15) is 4.99 Å². The third kappa shape index (κ3) is 4.95. The molecule has 1 saturated carbocycles. The van der Waals surface area contributed by atoms with Gasteiger partial charge in [-0.3, -0.25) is 10.2 Å². The van der Waals surface area contributed by atoms with Crippen LogP contribution in [0.25, 0.3) is 0 Å². The Labute approximate surface area is 112 Å². The molecule has 0 saturated heterocycles. The maximum Gasteiger partial charge on any atom is 0.233 e. The molecule has 7 heteroatoms. The Morgan fingerprint density at radius 2 is 2.00 bits per heavy atom. The second-order valence-electron chi connectivity index (χ2n) is 4.43. The smallest absolute Gasteiger partial charge is 0.233 e. The van der Waals surface area contributed by atoms with Crippen LogP contribution in [0.3, 0.4) is 0 Å². The molecule has 0 heterocycles. The number of amidine groups is 1. The topological polar surface area (TPSA) is 109 Å². The minimum absolute atomic E-state index is 0.0274. The lowest BCUT2D eigenvalue weighted by atomic mass is 9.94. The lowest BCUT2D eigenvalue weighted by Gasteiger charge is -2.31. The van der Waals surface area contributed by atoms with Gasteiger partial charge < -0.3 is 16.4 Å². The van der Waals surface area contributed by atoms with Crippen molar-refractivity contribution in [2.45, 2.75) is 38.1 Å². The summed E-state index contributed by atoms with van der Waals surface area (Å²) in [5, 5.41) is 7.42. The number of aliphatic imine (C=N–C) groups is 1. The number of carbonyl (C=O) groups is 1. The minimum atomic E-state index is -0.152. The van der Waals surface area contributed by atoms with Gasteiger partial charge in [0, 0.05) is 13.1 Å². The van der Waals surface area contributed by atoms with Crippen molar-refractivity contribution in [2.75, 3.05) is 12.8 Å². The van der Waals surface area contributed by atoms with Crippen LogP contribution < -0.4 is 11.5 Å². The number of guanidine groups is 1. The molecular formula is C11H21N5OS. The number of nitrogens with zero attached hydrogens (tertiary/aromatic N) is 2. The number of carbonyl (C=O) groups excluding carboxylic acids is 1. The van der Waals surface area contributed by atoms with E-state index in [0.29, 0.717) is 6.04 Å². The summed E-state index contributed by atoms with van der Waals surface area (Å²) in [6.45, 7) is 0. The highest BCUT2D eigenvalue weighted by atomic mass is 32.2. The number of hydrogen-bond donors (Lipinski definition) is 3. The molecule has 0 aromatic rings. The van der Waals surface area contributed by atoms with Crippen molar-refractivity contribution >= 4 is 28.8 Å². The second-order valence-corrected chi connectivity index (χ2v) is 5.39. The summed E-state index contributed by atoms with van der Waals surface area (Å²) < 4.78 is 0. The van der Waals surface area contributed by atoms with Gasteiger partial charge in [0.1, 0.15) is 0 Å². The zero-order chi connectivity index (χ0) is 13.5.